The summed E-state index contributed by atoms with van der Waals surface area (Å²) in [6, 6.07) is 12.9. The summed E-state index contributed by atoms with van der Waals surface area (Å²) >= 11 is 11.9. The lowest BCUT2D eigenvalue weighted by molar-refractivity contribution is -0.385. The van der Waals surface area contributed by atoms with Gasteiger partial charge in [0.2, 0.25) is 0 Å². The van der Waals surface area contributed by atoms with Crippen LogP contribution in [0.5, 0.6) is 5.75 Å². The molecule has 0 atom stereocenters. The first-order valence-electron chi connectivity index (χ1n) is 8.06. The van der Waals surface area contributed by atoms with Gasteiger partial charge in [0.25, 0.3) is 5.91 Å². The fraction of sp³-hybridized carbons (Fsp3) is 0.111. The van der Waals surface area contributed by atoms with E-state index in [0.29, 0.717) is 17.4 Å². The normalized spacial score (nSPS) is 10.5. The number of benzene rings is 2. The third kappa shape index (κ3) is 4.79. The first-order chi connectivity index (χ1) is 13.4. The molecule has 0 unspecified atom stereocenters. The minimum absolute atomic E-state index is 0.0471. The number of amides is 1. The van der Waals surface area contributed by atoms with Crippen LogP contribution in [0.15, 0.2) is 54.7 Å². The predicted octanol–water partition coefficient (Wildman–Crippen LogP) is 4.16. The van der Waals surface area contributed by atoms with Crippen molar-refractivity contribution in [2.75, 3.05) is 11.9 Å². The Morgan fingerprint density at radius 2 is 2.00 bits per heavy atom. The lowest BCUT2D eigenvalue weighted by Gasteiger charge is -2.11. The molecule has 0 saturated carbocycles. The van der Waals surface area contributed by atoms with Crippen LogP contribution >= 0.6 is 23.2 Å². The summed E-state index contributed by atoms with van der Waals surface area (Å²) in [6.07, 6.45) is 1.54. The molecule has 10 heteroatoms. The number of carbonyl (C=O) groups excluding carboxylic acids is 1. The number of halogens is 2. The zero-order chi connectivity index (χ0) is 20.1. The van der Waals surface area contributed by atoms with Gasteiger partial charge in [-0.05, 0) is 23.8 Å². The average Bonchev–Trinajstić information content (AvgIpc) is 3.09. The summed E-state index contributed by atoms with van der Waals surface area (Å²) in [5.74, 6) is -0.0987. The van der Waals surface area contributed by atoms with Gasteiger partial charge in [-0.2, -0.15) is 5.10 Å². The van der Waals surface area contributed by atoms with Crippen LogP contribution in [0.2, 0.25) is 10.0 Å². The van der Waals surface area contributed by atoms with Gasteiger partial charge in [-0.3, -0.25) is 14.9 Å². The summed E-state index contributed by atoms with van der Waals surface area (Å²) in [7, 11) is 0. The second-order valence-corrected chi connectivity index (χ2v) is 6.52. The van der Waals surface area contributed by atoms with Crippen molar-refractivity contribution in [2.45, 2.75) is 6.54 Å². The van der Waals surface area contributed by atoms with Crippen molar-refractivity contribution < 1.29 is 14.5 Å². The van der Waals surface area contributed by atoms with E-state index in [4.69, 9.17) is 27.9 Å². The van der Waals surface area contributed by atoms with Crippen LogP contribution in [0, 0.1) is 10.1 Å². The number of nitro benzene ring substituents is 1. The standard InChI is InChI=1S/C18H14Cl2N4O4/c19-13-5-6-16(15(9-13)24(26)27)28-11-18(25)22-17-7-8-21-23(17)10-12-3-1-2-4-14(12)20/h1-9H,10-11H2,(H,22,25). The molecule has 144 valence electrons. The molecule has 8 nitrogen and oxygen atoms in total. The fourth-order valence-corrected chi connectivity index (χ4v) is 2.79. The first kappa shape index (κ1) is 19.7. The highest BCUT2D eigenvalue weighted by atomic mass is 35.5. The van der Waals surface area contributed by atoms with Crippen LogP contribution in [0.1, 0.15) is 5.56 Å². The zero-order valence-electron chi connectivity index (χ0n) is 14.3. The quantitative estimate of drug-likeness (QED) is 0.456. The smallest absolute Gasteiger partial charge is 0.312 e. The van der Waals surface area contributed by atoms with Crippen molar-refractivity contribution in [3.63, 3.8) is 0 Å². The van der Waals surface area contributed by atoms with E-state index in [1.807, 2.05) is 18.2 Å². The summed E-state index contributed by atoms with van der Waals surface area (Å²) in [4.78, 5) is 22.6. The van der Waals surface area contributed by atoms with Crippen LogP contribution in [-0.2, 0) is 11.3 Å². The minimum atomic E-state index is -0.627. The van der Waals surface area contributed by atoms with Crippen molar-refractivity contribution in [1.29, 1.82) is 0 Å². The van der Waals surface area contributed by atoms with Crippen molar-refractivity contribution in [1.82, 2.24) is 9.78 Å². The highest BCUT2D eigenvalue weighted by Crippen LogP contribution is 2.29. The van der Waals surface area contributed by atoms with E-state index in [2.05, 4.69) is 10.4 Å². The van der Waals surface area contributed by atoms with E-state index in [9.17, 15) is 14.9 Å². The van der Waals surface area contributed by atoms with E-state index in [0.717, 1.165) is 11.6 Å². The highest BCUT2D eigenvalue weighted by molar-refractivity contribution is 6.31. The molecule has 28 heavy (non-hydrogen) atoms. The number of carbonyl (C=O) groups is 1. The van der Waals surface area contributed by atoms with E-state index in [1.165, 1.54) is 18.3 Å². The molecule has 1 amide bonds. The molecule has 0 fully saturated rings. The van der Waals surface area contributed by atoms with Gasteiger partial charge in [-0.25, -0.2) is 4.68 Å². The van der Waals surface area contributed by atoms with E-state index >= 15 is 0 Å². The molecular formula is C18H14Cl2N4O4. The molecular weight excluding hydrogens is 407 g/mol. The molecule has 1 aromatic heterocycles. The van der Waals surface area contributed by atoms with Crippen molar-refractivity contribution in [3.8, 4) is 5.75 Å². The lowest BCUT2D eigenvalue weighted by Crippen LogP contribution is -2.22. The molecule has 0 bridgehead atoms. The average molecular weight is 421 g/mol. The molecule has 3 rings (SSSR count). The SMILES string of the molecule is O=C(COc1ccc(Cl)cc1[N+](=O)[O-])Nc1ccnn1Cc1ccccc1Cl. The van der Waals surface area contributed by atoms with Crippen LogP contribution < -0.4 is 10.1 Å². The van der Waals surface area contributed by atoms with E-state index in [1.54, 1.807) is 16.8 Å². The Balaban J connectivity index is 1.65. The molecule has 0 aliphatic carbocycles. The Morgan fingerprint density at radius 3 is 2.75 bits per heavy atom. The molecule has 3 aromatic rings. The number of nitrogens with zero attached hydrogens (tertiary/aromatic N) is 3. The van der Waals surface area contributed by atoms with Gasteiger partial charge in [0, 0.05) is 22.2 Å². The molecule has 0 saturated heterocycles. The fourth-order valence-electron chi connectivity index (χ4n) is 2.43. The van der Waals surface area contributed by atoms with E-state index in [-0.39, 0.29) is 16.5 Å². The van der Waals surface area contributed by atoms with Crippen molar-refractivity contribution >= 4 is 40.6 Å². The van der Waals surface area contributed by atoms with Gasteiger partial charge in [0.1, 0.15) is 5.82 Å². The Kier molecular flexibility index (Phi) is 6.13. The Hall–Kier alpha value is -3.10. The molecule has 1 N–H and O–H groups in total. The lowest BCUT2D eigenvalue weighted by atomic mass is 10.2. The number of ether oxygens (including phenoxy) is 1. The van der Waals surface area contributed by atoms with Crippen LogP contribution in [0.4, 0.5) is 11.5 Å². The van der Waals surface area contributed by atoms with Crippen LogP contribution in [0.3, 0.4) is 0 Å². The number of nitro groups is 1. The van der Waals surface area contributed by atoms with Crippen LogP contribution in [0.25, 0.3) is 0 Å². The van der Waals surface area contributed by atoms with E-state index < -0.39 is 17.4 Å². The second-order valence-electron chi connectivity index (χ2n) is 5.67. The largest absolute Gasteiger partial charge is 0.477 e. The molecule has 0 aliphatic heterocycles. The molecule has 0 spiro atoms. The van der Waals surface area contributed by atoms with Gasteiger partial charge in [-0.1, -0.05) is 41.4 Å². The zero-order valence-corrected chi connectivity index (χ0v) is 15.9. The minimum Gasteiger partial charge on any atom is -0.477 e. The maximum Gasteiger partial charge on any atom is 0.312 e. The Bertz CT molecular complexity index is 1020. The van der Waals surface area contributed by atoms with Gasteiger partial charge < -0.3 is 10.1 Å². The number of aromatic nitrogens is 2. The van der Waals surface area contributed by atoms with Gasteiger partial charge >= 0.3 is 5.69 Å². The van der Waals surface area contributed by atoms with Gasteiger partial charge in [-0.15, -0.1) is 0 Å². The maximum atomic E-state index is 12.2. The first-order valence-corrected chi connectivity index (χ1v) is 8.81. The molecule has 1 heterocycles. The number of rotatable bonds is 7. The number of anilines is 1. The summed E-state index contributed by atoms with van der Waals surface area (Å²) in [5, 5.41) is 18.7. The molecule has 0 radical (unpaired) electrons. The van der Waals surface area contributed by atoms with Crippen molar-refractivity contribution in [3.05, 3.63) is 80.5 Å². The predicted molar refractivity (Wildman–Crippen MR) is 105 cm³/mol. The summed E-state index contributed by atoms with van der Waals surface area (Å²) in [6.45, 7) is -0.0501. The maximum absolute atomic E-state index is 12.2. The van der Waals surface area contributed by atoms with Crippen LogP contribution in [-0.4, -0.2) is 27.2 Å². The third-order valence-corrected chi connectivity index (χ3v) is 4.34. The number of hydrogen-bond donors (Lipinski definition) is 1. The van der Waals surface area contributed by atoms with Gasteiger partial charge in [0.15, 0.2) is 12.4 Å². The number of hydrogen-bond acceptors (Lipinski definition) is 5. The summed E-state index contributed by atoms with van der Waals surface area (Å²) in [5.41, 5.74) is 0.528. The topological polar surface area (TPSA) is 99.3 Å². The molecule has 0 aliphatic rings. The monoisotopic (exact) mass is 420 g/mol. The summed E-state index contributed by atoms with van der Waals surface area (Å²) < 4.78 is 6.85. The Morgan fingerprint density at radius 1 is 1.21 bits per heavy atom. The highest BCUT2D eigenvalue weighted by Gasteiger charge is 2.17. The second kappa shape index (κ2) is 8.73. The van der Waals surface area contributed by atoms with Gasteiger partial charge in [0.05, 0.1) is 17.7 Å². The Labute approximate surface area is 169 Å². The van der Waals surface area contributed by atoms with Crippen molar-refractivity contribution in [2.24, 2.45) is 0 Å². The third-order valence-electron chi connectivity index (χ3n) is 3.74. The number of nitrogens with one attached hydrogen (secondary N) is 1. The molecule has 2 aromatic carbocycles.